The van der Waals surface area contributed by atoms with Crippen LogP contribution in [0, 0.1) is 5.82 Å². The third kappa shape index (κ3) is 8.22. The fourth-order valence-electron chi connectivity index (χ4n) is 4.96. The van der Waals surface area contributed by atoms with Crippen LogP contribution >= 0.6 is 0 Å². The zero-order valence-corrected chi connectivity index (χ0v) is 26.9. The van der Waals surface area contributed by atoms with Crippen LogP contribution in [0.1, 0.15) is 24.5 Å². The maximum absolute atomic E-state index is 15.0. The smallest absolute Gasteiger partial charge is 0.264 e. The number of amides is 2. The molecule has 242 valence electrons. The van der Waals surface area contributed by atoms with Gasteiger partial charge >= 0.3 is 0 Å². The molecule has 4 aromatic rings. The first kappa shape index (κ1) is 34.0. The van der Waals surface area contributed by atoms with Gasteiger partial charge in [-0.2, -0.15) is 0 Å². The molecule has 0 heterocycles. The SMILES string of the molecule is CCCNC(=O)[C@@H](Cc1ccccc1)N(Cc1ccccc1F)C(=O)CN(c1ccc(OC)c(OC)c1)S(=O)(=O)c1ccccc1. The normalized spacial score (nSPS) is 11.7. The topological polar surface area (TPSA) is 105 Å². The Hall–Kier alpha value is -4.90. The van der Waals surface area contributed by atoms with Gasteiger partial charge in [-0.05, 0) is 42.3 Å². The molecular formula is C35H38FN3O6S. The molecule has 0 aliphatic carbocycles. The predicted molar refractivity (Wildman–Crippen MR) is 175 cm³/mol. The molecule has 0 saturated carbocycles. The van der Waals surface area contributed by atoms with Crippen molar-refractivity contribution in [1.82, 2.24) is 10.2 Å². The summed E-state index contributed by atoms with van der Waals surface area (Å²) in [6.45, 7) is 1.32. The predicted octanol–water partition coefficient (Wildman–Crippen LogP) is 5.20. The molecule has 0 radical (unpaired) electrons. The highest BCUT2D eigenvalue weighted by atomic mass is 32.2. The monoisotopic (exact) mass is 647 g/mol. The fourth-order valence-corrected chi connectivity index (χ4v) is 6.39. The molecule has 0 saturated heterocycles. The Bertz CT molecular complexity index is 1720. The Kier molecular flexibility index (Phi) is 11.7. The van der Waals surface area contributed by atoms with Crippen molar-refractivity contribution in [3.05, 3.63) is 120 Å². The van der Waals surface area contributed by atoms with Crippen molar-refractivity contribution in [3.8, 4) is 11.5 Å². The number of sulfonamides is 1. The molecule has 1 atom stereocenters. The van der Waals surface area contributed by atoms with Crippen molar-refractivity contribution in [2.75, 3.05) is 31.6 Å². The van der Waals surface area contributed by atoms with E-state index < -0.39 is 40.2 Å². The molecule has 0 unspecified atom stereocenters. The van der Waals surface area contributed by atoms with Crippen molar-refractivity contribution >= 4 is 27.5 Å². The number of methoxy groups -OCH3 is 2. The van der Waals surface area contributed by atoms with Crippen LogP contribution in [0.25, 0.3) is 0 Å². The molecule has 0 aliphatic heterocycles. The van der Waals surface area contributed by atoms with Gasteiger partial charge in [-0.15, -0.1) is 0 Å². The van der Waals surface area contributed by atoms with E-state index in [2.05, 4.69) is 5.32 Å². The van der Waals surface area contributed by atoms with Gasteiger partial charge < -0.3 is 19.7 Å². The molecule has 0 fully saturated rings. The Morgan fingerprint density at radius 2 is 1.48 bits per heavy atom. The largest absolute Gasteiger partial charge is 0.493 e. The molecule has 0 spiro atoms. The van der Waals surface area contributed by atoms with Crippen LogP contribution in [0.2, 0.25) is 0 Å². The van der Waals surface area contributed by atoms with E-state index in [0.717, 1.165) is 9.87 Å². The number of anilines is 1. The number of hydrogen-bond donors (Lipinski definition) is 1. The molecule has 2 amide bonds. The van der Waals surface area contributed by atoms with E-state index >= 15 is 4.39 Å². The second kappa shape index (κ2) is 15.9. The van der Waals surface area contributed by atoms with E-state index in [1.165, 1.54) is 61.6 Å². The number of nitrogens with zero attached hydrogens (tertiary/aromatic N) is 2. The number of rotatable bonds is 15. The first-order valence-corrected chi connectivity index (χ1v) is 16.3. The van der Waals surface area contributed by atoms with Crippen molar-refractivity contribution in [2.45, 2.75) is 37.2 Å². The number of carbonyl (C=O) groups is 2. The Morgan fingerprint density at radius 3 is 2.11 bits per heavy atom. The van der Waals surface area contributed by atoms with Crippen molar-refractivity contribution in [1.29, 1.82) is 0 Å². The van der Waals surface area contributed by atoms with Gasteiger partial charge in [0.15, 0.2) is 11.5 Å². The molecule has 9 nitrogen and oxygen atoms in total. The lowest BCUT2D eigenvalue weighted by molar-refractivity contribution is -0.140. The third-order valence-electron chi connectivity index (χ3n) is 7.38. The maximum atomic E-state index is 15.0. The van der Waals surface area contributed by atoms with E-state index in [4.69, 9.17) is 9.47 Å². The van der Waals surface area contributed by atoms with Crippen LogP contribution in [-0.4, -0.2) is 58.5 Å². The molecule has 4 aromatic carbocycles. The maximum Gasteiger partial charge on any atom is 0.264 e. The first-order valence-electron chi connectivity index (χ1n) is 14.8. The number of nitrogens with one attached hydrogen (secondary N) is 1. The molecule has 0 aliphatic rings. The van der Waals surface area contributed by atoms with Crippen LogP contribution in [0.5, 0.6) is 11.5 Å². The number of benzene rings is 4. The van der Waals surface area contributed by atoms with Gasteiger partial charge in [0.05, 0.1) is 24.8 Å². The number of hydrogen-bond acceptors (Lipinski definition) is 6. The van der Waals surface area contributed by atoms with Gasteiger partial charge in [-0.3, -0.25) is 13.9 Å². The highest BCUT2D eigenvalue weighted by Crippen LogP contribution is 2.34. The molecule has 4 rings (SSSR count). The lowest BCUT2D eigenvalue weighted by Crippen LogP contribution is -2.53. The van der Waals surface area contributed by atoms with Crippen LogP contribution in [0.15, 0.2) is 108 Å². The van der Waals surface area contributed by atoms with Crippen molar-refractivity contribution in [3.63, 3.8) is 0 Å². The second-order valence-electron chi connectivity index (χ2n) is 10.5. The van der Waals surface area contributed by atoms with E-state index in [-0.39, 0.29) is 34.9 Å². The number of carbonyl (C=O) groups excluding carboxylic acids is 2. The quantitative estimate of drug-likeness (QED) is 0.190. The van der Waals surface area contributed by atoms with E-state index in [1.54, 1.807) is 30.3 Å². The zero-order chi connectivity index (χ0) is 33.1. The highest BCUT2D eigenvalue weighted by molar-refractivity contribution is 7.92. The number of ether oxygens (including phenoxy) is 2. The van der Waals surface area contributed by atoms with Gasteiger partial charge in [0, 0.05) is 31.1 Å². The molecule has 46 heavy (non-hydrogen) atoms. The average Bonchev–Trinajstić information content (AvgIpc) is 3.08. The van der Waals surface area contributed by atoms with Crippen molar-refractivity contribution in [2.24, 2.45) is 0 Å². The minimum Gasteiger partial charge on any atom is -0.493 e. The minimum absolute atomic E-state index is 0.0419. The summed E-state index contributed by atoms with van der Waals surface area (Å²) in [4.78, 5) is 29.4. The van der Waals surface area contributed by atoms with Crippen LogP contribution in [-0.2, 0) is 32.6 Å². The molecule has 0 aromatic heterocycles. The van der Waals surface area contributed by atoms with Gasteiger partial charge in [0.2, 0.25) is 11.8 Å². The summed E-state index contributed by atoms with van der Waals surface area (Å²) in [6.07, 6.45) is 0.784. The minimum atomic E-state index is -4.31. The summed E-state index contributed by atoms with van der Waals surface area (Å²) in [5, 5.41) is 2.87. The summed E-state index contributed by atoms with van der Waals surface area (Å²) in [5.74, 6) is -1.07. The molecule has 1 N–H and O–H groups in total. The lowest BCUT2D eigenvalue weighted by atomic mass is 10.0. The standard InChI is InChI=1S/C35H38FN3O6S/c1-4-21-37-35(41)31(22-26-13-7-5-8-14-26)38(24-27-15-11-12-18-30(27)36)34(40)25-39(46(42,43)29-16-9-6-10-17-29)28-19-20-32(44-2)33(23-28)45-3/h5-20,23,31H,4,21-22,24-25H2,1-3H3,(H,37,41)/t31-/m1/s1. The number of halogens is 1. The van der Waals surface area contributed by atoms with Crippen LogP contribution in [0.4, 0.5) is 10.1 Å². The highest BCUT2D eigenvalue weighted by Gasteiger charge is 2.35. The van der Waals surface area contributed by atoms with E-state index in [1.807, 2.05) is 37.3 Å². The van der Waals surface area contributed by atoms with Gasteiger partial charge in [0.1, 0.15) is 18.4 Å². The summed E-state index contributed by atoms with van der Waals surface area (Å²) >= 11 is 0. The van der Waals surface area contributed by atoms with Crippen molar-refractivity contribution < 1.29 is 31.9 Å². The van der Waals surface area contributed by atoms with Gasteiger partial charge in [-0.1, -0.05) is 73.7 Å². The van der Waals surface area contributed by atoms with E-state index in [9.17, 15) is 18.0 Å². The molecule has 11 heteroatoms. The Balaban J connectivity index is 1.83. The molecule has 0 bridgehead atoms. The zero-order valence-electron chi connectivity index (χ0n) is 26.1. The first-order chi connectivity index (χ1) is 22.2. The second-order valence-corrected chi connectivity index (χ2v) is 12.3. The Morgan fingerprint density at radius 1 is 0.848 bits per heavy atom. The third-order valence-corrected chi connectivity index (χ3v) is 9.17. The molecular weight excluding hydrogens is 609 g/mol. The average molecular weight is 648 g/mol. The summed E-state index contributed by atoms with van der Waals surface area (Å²) < 4.78 is 55.0. The summed E-state index contributed by atoms with van der Waals surface area (Å²) in [7, 11) is -1.44. The van der Waals surface area contributed by atoms with Gasteiger partial charge in [-0.25, -0.2) is 12.8 Å². The van der Waals surface area contributed by atoms with Crippen LogP contribution < -0.4 is 19.1 Å². The van der Waals surface area contributed by atoms with Crippen LogP contribution in [0.3, 0.4) is 0 Å². The Labute approximate surface area is 269 Å². The van der Waals surface area contributed by atoms with Gasteiger partial charge in [0.25, 0.3) is 10.0 Å². The summed E-state index contributed by atoms with van der Waals surface area (Å²) in [6, 6.07) is 26.3. The van der Waals surface area contributed by atoms with E-state index in [0.29, 0.717) is 18.7 Å². The lowest BCUT2D eigenvalue weighted by Gasteiger charge is -2.34. The fraction of sp³-hybridized carbons (Fsp3) is 0.257. The summed E-state index contributed by atoms with van der Waals surface area (Å²) in [5.41, 5.74) is 1.09.